The van der Waals surface area contributed by atoms with Crippen LogP contribution >= 0.6 is 0 Å². The maximum Gasteiger partial charge on any atom is 0.316 e. The highest BCUT2D eigenvalue weighted by molar-refractivity contribution is 6.09. The molecule has 0 fully saturated rings. The van der Waals surface area contributed by atoms with Crippen LogP contribution in [0.4, 0.5) is 0 Å². The molecular weight excluding hydrogens is 276 g/mol. The first-order valence-corrected chi connectivity index (χ1v) is 7.36. The lowest BCUT2D eigenvalue weighted by Gasteiger charge is -2.20. The van der Waals surface area contributed by atoms with E-state index in [4.69, 9.17) is 4.74 Å². The fourth-order valence-corrected chi connectivity index (χ4v) is 1.82. The zero-order chi connectivity index (χ0) is 16.2. The van der Waals surface area contributed by atoms with Crippen LogP contribution in [0.5, 0.6) is 5.75 Å². The monoisotopic (exact) mass is 296 g/mol. The molecule has 0 bridgehead atoms. The van der Waals surface area contributed by atoms with Crippen LogP contribution in [0.1, 0.15) is 43.1 Å². The van der Waals surface area contributed by atoms with Crippen molar-refractivity contribution >= 4 is 11.8 Å². The smallest absolute Gasteiger partial charge is 0.316 e. The number of hydrogen-bond acceptors (Lipinski definition) is 3. The van der Waals surface area contributed by atoms with Crippen molar-refractivity contribution in [2.75, 3.05) is 0 Å². The Morgan fingerprint density at radius 2 is 1.45 bits per heavy atom. The second-order valence-corrected chi connectivity index (χ2v) is 5.85. The fraction of sp³-hybridized carbons (Fsp3) is 0.263. The van der Waals surface area contributed by atoms with Gasteiger partial charge in [-0.2, -0.15) is 0 Å². The van der Waals surface area contributed by atoms with Crippen LogP contribution in [-0.4, -0.2) is 11.8 Å². The Morgan fingerprint density at radius 3 is 2.00 bits per heavy atom. The number of rotatable bonds is 5. The summed E-state index contributed by atoms with van der Waals surface area (Å²) in [6, 6.07) is 15.7. The van der Waals surface area contributed by atoms with Crippen molar-refractivity contribution in [3.8, 4) is 5.75 Å². The van der Waals surface area contributed by atoms with Crippen molar-refractivity contribution in [1.29, 1.82) is 0 Å². The van der Waals surface area contributed by atoms with Gasteiger partial charge in [-0.25, -0.2) is 0 Å². The van der Waals surface area contributed by atoms with Crippen molar-refractivity contribution in [1.82, 2.24) is 0 Å². The Hall–Kier alpha value is -2.42. The van der Waals surface area contributed by atoms with Crippen molar-refractivity contribution in [3.63, 3.8) is 0 Å². The summed E-state index contributed by atoms with van der Waals surface area (Å²) in [6.45, 7) is 5.65. The minimum atomic E-state index is -0.515. The third-order valence-electron chi connectivity index (χ3n) is 3.80. The molecule has 0 saturated heterocycles. The first kappa shape index (κ1) is 16.0. The van der Waals surface area contributed by atoms with Crippen LogP contribution in [-0.2, 0) is 4.79 Å². The van der Waals surface area contributed by atoms with Crippen molar-refractivity contribution in [3.05, 3.63) is 65.7 Å². The molecule has 0 aliphatic carbocycles. The Balaban J connectivity index is 2.11. The van der Waals surface area contributed by atoms with Crippen LogP contribution in [0.3, 0.4) is 0 Å². The van der Waals surface area contributed by atoms with Gasteiger partial charge in [0.2, 0.25) is 0 Å². The van der Waals surface area contributed by atoms with E-state index in [1.54, 1.807) is 36.4 Å². The lowest BCUT2D eigenvalue weighted by atomic mass is 9.91. The Morgan fingerprint density at radius 1 is 0.909 bits per heavy atom. The van der Waals surface area contributed by atoms with Crippen molar-refractivity contribution < 1.29 is 14.3 Å². The number of ether oxygens (including phenoxy) is 1. The summed E-state index contributed by atoms with van der Waals surface area (Å²) in [6.07, 6.45) is 0.705. The SMILES string of the molecule is CCC(C)(C)C(=O)Oc1ccc(C(=O)c2ccccc2)cc1. The van der Waals surface area contributed by atoms with Crippen LogP contribution in [0.2, 0.25) is 0 Å². The number of carbonyl (C=O) groups excluding carboxylic acids is 2. The molecule has 0 unspecified atom stereocenters. The average Bonchev–Trinajstić information content (AvgIpc) is 2.55. The predicted molar refractivity (Wildman–Crippen MR) is 86.0 cm³/mol. The van der Waals surface area contributed by atoms with Crippen LogP contribution in [0, 0.1) is 5.41 Å². The highest BCUT2D eigenvalue weighted by atomic mass is 16.5. The Labute approximate surface area is 130 Å². The molecule has 0 amide bonds. The molecule has 22 heavy (non-hydrogen) atoms. The lowest BCUT2D eigenvalue weighted by molar-refractivity contribution is -0.144. The van der Waals surface area contributed by atoms with E-state index in [9.17, 15) is 9.59 Å². The van der Waals surface area contributed by atoms with Gasteiger partial charge in [0.1, 0.15) is 5.75 Å². The number of carbonyl (C=O) groups is 2. The summed E-state index contributed by atoms with van der Waals surface area (Å²) in [7, 11) is 0. The Bertz CT molecular complexity index is 655. The zero-order valence-electron chi connectivity index (χ0n) is 13.1. The first-order valence-electron chi connectivity index (χ1n) is 7.36. The minimum absolute atomic E-state index is 0.0487. The molecule has 0 atom stereocenters. The number of esters is 1. The number of hydrogen-bond donors (Lipinski definition) is 0. The molecule has 2 aromatic rings. The van der Waals surface area contributed by atoms with Crippen LogP contribution in [0.15, 0.2) is 54.6 Å². The normalized spacial score (nSPS) is 11.0. The van der Waals surface area contributed by atoms with Gasteiger partial charge in [-0.15, -0.1) is 0 Å². The van der Waals surface area contributed by atoms with Gasteiger partial charge in [0.25, 0.3) is 0 Å². The van der Waals surface area contributed by atoms with E-state index in [1.807, 2.05) is 39.0 Å². The second-order valence-electron chi connectivity index (χ2n) is 5.85. The number of ketones is 1. The van der Waals surface area contributed by atoms with Crippen LogP contribution < -0.4 is 4.74 Å². The van der Waals surface area contributed by atoms with Gasteiger partial charge >= 0.3 is 5.97 Å². The molecular formula is C19H20O3. The molecule has 0 heterocycles. The highest BCUT2D eigenvalue weighted by Gasteiger charge is 2.27. The average molecular weight is 296 g/mol. The third kappa shape index (κ3) is 3.61. The van der Waals surface area contributed by atoms with Gasteiger partial charge in [-0.05, 0) is 44.5 Å². The van der Waals surface area contributed by atoms with E-state index in [-0.39, 0.29) is 11.8 Å². The summed E-state index contributed by atoms with van der Waals surface area (Å²) >= 11 is 0. The number of benzene rings is 2. The van der Waals surface area contributed by atoms with Crippen LogP contribution in [0.25, 0.3) is 0 Å². The molecule has 3 nitrogen and oxygen atoms in total. The summed E-state index contributed by atoms with van der Waals surface area (Å²) < 4.78 is 5.36. The van der Waals surface area contributed by atoms with Gasteiger partial charge < -0.3 is 4.74 Å². The molecule has 0 saturated carbocycles. The highest BCUT2D eigenvalue weighted by Crippen LogP contribution is 2.24. The summed E-state index contributed by atoms with van der Waals surface area (Å²) in [5.74, 6) is 0.139. The third-order valence-corrected chi connectivity index (χ3v) is 3.80. The summed E-state index contributed by atoms with van der Waals surface area (Å²) in [5, 5.41) is 0. The molecule has 0 spiro atoms. The fourth-order valence-electron chi connectivity index (χ4n) is 1.82. The van der Waals surface area contributed by atoms with Gasteiger partial charge in [0.15, 0.2) is 5.78 Å². The lowest BCUT2D eigenvalue weighted by Crippen LogP contribution is -2.28. The van der Waals surface area contributed by atoms with E-state index in [1.165, 1.54) is 0 Å². The molecule has 0 aromatic heterocycles. The van der Waals surface area contributed by atoms with E-state index < -0.39 is 5.41 Å². The van der Waals surface area contributed by atoms with Gasteiger partial charge in [0.05, 0.1) is 5.41 Å². The molecule has 0 aliphatic rings. The van der Waals surface area contributed by atoms with E-state index >= 15 is 0 Å². The quantitative estimate of drug-likeness (QED) is 0.470. The maximum absolute atomic E-state index is 12.3. The topological polar surface area (TPSA) is 43.4 Å². The summed E-state index contributed by atoms with van der Waals surface area (Å²) in [4.78, 5) is 24.3. The summed E-state index contributed by atoms with van der Waals surface area (Å²) in [5.41, 5.74) is 0.693. The Kier molecular flexibility index (Phi) is 4.76. The second kappa shape index (κ2) is 6.56. The van der Waals surface area contributed by atoms with Gasteiger partial charge in [0, 0.05) is 11.1 Å². The largest absolute Gasteiger partial charge is 0.426 e. The molecule has 3 heteroatoms. The molecule has 2 aromatic carbocycles. The molecule has 0 radical (unpaired) electrons. The molecule has 2 rings (SSSR count). The molecule has 0 aliphatic heterocycles. The minimum Gasteiger partial charge on any atom is -0.426 e. The van der Waals surface area contributed by atoms with E-state index in [0.717, 1.165) is 0 Å². The molecule has 0 N–H and O–H groups in total. The van der Waals surface area contributed by atoms with Gasteiger partial charge in [-0.3, -0.25) is 9.59 Å². The predicted octanol–water partition coefficient (Wildman–Crippen LogP) is 4.26. The molecule has 114 valence electrons. The van der Waals surface area contributed by atoms with E-state index in [2.05, 4.69) is 0 Å². The van der Waals surface area contributed by atoms with E-state index in [0.29, 0.717) is 23.3 Å². The van der Waals surface area contributed by atoms with Crippen molar-refractivity contribution in [2.24, 2.45) is 5.41 Å². The maximum atomic E-state index is 12.3. The van der Waals surface area contributed by atoms with Gasteiger partial charge in [-0.1, -0.05) is 37.3 Å². The first-order chi connectivity index (χ1) is 10.4. The van der Waals surface area contributed by atoms with Crippen molar-refractivity contribution in [2.45, 2.75) is 27.2 Å². The zero-order valence-corrected chi connectivity index (χ0v) is 13.1. The standard InChI is InChI=1S/C19H20O3/c1-4-19(2,3)18(21)22-16-12-10-15(11-13-16)17(20)14-8-6-5-7-9-14/h5-13H,4H2,1-3H3.